The zero-order chi connectivity index (χ0) is 12.0. The summed E-state index contributed by atoms with van der Waals surface area (Å²) in [6.45, 7) is 1.97. The Labute approximate surface area is 92.5 Å². The third-order valence-electron chi connectivity index (χ3n) is 3.39. The Morgan fingerprint density at radius 3 is 2.62 bits per heavy atom. The molecule has 1 aromatic carbocycles. The predicted molar refractivity (Wildman–Crippen MR) is 56.0 cm³/mol. The van der Waals surface area contributed by atoms with Crippen LogP contribution in [-0.4, -0.2) is 5.54 Å². The van der Waals surface area contributed by atoms with E-state index in [0.717, 1.165) is 18.9 Å². The highest BCUT2D eigenvalue weighted by molar-refractivity contribution is 5.36. The van der Waals surface area contributed by atoms with E-state index in [1.165, 1.54) is 12.1 Å². The van der Waals surface area contributed by atoms with Crippen molar-refractivity contribution in [2.45, 2.75) is 37.4 Å². The van der Waals surface area contributed by atoms with Gasteiger partial charge in [-0.2, -0.15) is 13.2 Å². The summed E-state index contributed by atoms with van der Waals surface area (Å²) in [5.41, 5.74) is 5.83. The SMILES string of the molecule is CCC1(N)CC1c1cccc(C(F)(F)F)c1. The molecule has 2 N–H and O–H groups in total. The number of nitrogens with two attached hydrogens (primary N) is 1. The van der Waals surface area contributed by atoms with Crippen molar-refractivity contribution in [3.05, 3.63) is 35.4 Å². The van der Waals surface area contributed by atoms with Crippen molar-refractivity contribution in [1.29, 1.82) is 0 Å². The second-order valence-corrected chi connectivity index (χ2v) is 4.47. The maximum Gasteiger partial charge on any atom is 0.416 e. The molecule has 4 heteroatoms. The van der Waals surface area contributed by atoms with E-state index in [-0.39, 0.29) is 11.5 Å². The van der Waals surface area contributed by atoms with Crippen LogP contribution in [0, 0.1) is 0 Å². The van der Waals surface area contributed by atoms with E-state index in [2.05, 4.69) is 0 Å². The maximum atomic E-state index is 12.5. The smallest absolute Gasteiger partial charge is 0.325 e. The summed E-state index contributed by atoms with van der Waals surface area (Å²) in [5.74, 6) is 0.0831. The molecule has 0 aromatic heterocycles. The molecule has 88 valence electrons. The molecular weight excluding hydrogens is 215 g/mol. The number of halogens is 3. The molecule has 2 atom stereocenters. The minimum atomic E-state index is -4.27. The van der Waals surface area contributed by atoms with Crippen LogP contribution in [0.1, 0.15) is 36.8 Å². The monoisotopic (exact) mass is 229 g/mol. The van der Waals surface area contributed by atoms with E-state index in [1.54, 1.807) is 6.07 Å². The first-order chi connectivity index (χ1) is 7.37. The summed E-state index contributed by atoms with van der Waals surface area (Å²) >= 11 is 0. The average Bonchev–Trinajstić information content (AvgIpc) is 2.91. The van der Waals surface area contributed by atoms with E-state index in [9.17, 15) is 13.2 Å². The van der Waals surface area contributed by atoms with Crippen LogP contribution in [0.5, 0.6) is 0 Å². The normalized spacial score (nSPS) is 29.2. The Hall–Kier alpha value is -1.03. The fourth-order valence-corrected chi connectivity index (χ4v) is 2.09. The molecule has 2 unspecified atom stereocenters. The number of hydrogen-bond donors (Lipinski definition) is 1. The molecule has 2 rings (SSSR count). The summed E-state index contributed by atoms with van der Waals surface area (Å²) < 4.78 is 37.5. The van der Waals surface area contributed by atoms with Gasteiger partial charge in [-0.15, -0.1) is 0 Å². The molecule has 0 amide bonds. The number of rotatable bonds is 2. The Morgan fingerprint density at radius 1 is 1.44 bits per heavy atom. The van der Waals surface area contributed by atoms with Gasteiger partial charge in [0.05, 0.1) is 5.56 Å². The Bertz CT molecular complexity index is 399. The van der Waals surface area contributed by atoms with Crippen LogP contribution < -0.4 is 5.73 Å². The Morgan fingerprint density at radius 2 is 2.12 bits per heavy atom. The van der Waals surface area contributed by atoms with E-state index < -0.39 is 11.7 Å². The molecule has 1 aliphatic carbocycles. The molecule has 0 spiro atoms. The molecule has 0 bridgehead atoms. The Kier molecular flexibility index (Phi) is 2.49. The van der Waals surface area contributed by atoms with Gasteiger partial charge in [0.25, 0.3) is 0 Å². The first kappa shape index (κ1) is 11.5. The van der Waals surface area contributed by atoms with Crippen LogP contribution >= 0.6 is 0 Å². The minimum absolute atomic E-state index is 0.0831. The summed E-state index contributed by atoms with van der Waals surface area (Å²) in [6, 6.07) is 5.49. The highest BCUT2D eigenvalue weighted by Crippen LogP contribution is 2.51. The molecule has 0 aliphatic heterocycles. The third kappa shape index (κ3) is 1.94. The van der Waals surface area contributed by atoms with Crippen molar-refractivity contribution in [1.82, 2.24) is 0 Å². The number of benzene rings is 1. The van der Waals surface area contributed by atoms with Crippen molar-refractivity contribution in [3.63, 3.8) is 0 Å². The molecule has 0 radical (unpaired) electrons. The second-order valence-electron chi connectivity index (χ2n) is 4.47. The molecule has 1 fully saturated rings. The van der Waals surface area contributed by atoms with Crippen molar-refractivity contribution >= 4 is 0 Å². The molecule has 0 heterocycles. The predicted octanol–water partition coefficient (Wildman–Crippen LogP) is 3.30. The molecule has 16 heavy (non-hydrogen) atoms. The molecule has 1 aliphatic rings. The maximum absolute atomic E-state index is 12.5. The van der Waals surface area contributed by atoms with Gasteiger partial charge >= 0.3 is 6.18 Å². The van der Waals surface area contributed by atoms with Gasteiger partial charge in [-0.05, 0) is 24.5 Å². The van der Waals surface area contributed by atoms with Gasteiger partial charge in [0.2, 0.25) is 0 Å². The van der Waals surface area contributed by atoms with E-state index in [0.29, 0.717) is 5.56 Å². The average molecular weight is 229 g/mol. The second kappa shape index (κ2) is 3.48. The fraction of sp³-hybridized carbons (Fsp3) is 0.500. The minimum Gasteiger partial charge on any atom is -0.325 e. The van der Waals surface area contributed by atoms with E-state index in [4.69, 9.17) is 5.73 Å². The van der Waals surface area contributed by atoms with Crippen LogP contribution in [0.3, 0.4) is 0 Å². The third-order valence-corrected chi connectivity index (χ3v) is 3.39. The van der Waals surface area contributed by atoms with Crippen LogP contribution in [0.2, 0.25) is 0 Å². The Balaban J connectivity index is 2.25. The molecule has 1 saturated carbocycles. The van der Waals surface area contributed by atoms with Crippen LogP contribution in [0.25, 0.3) is 0 Å². The standard InChI is InChI=1S/C12H14F3N/c1-2-11(16)7-10(11)8-4-3-5-9(6-8)12(13,14)15/h3-6,10H,2,7,16H2,1H3. The zero-order valence-electron chi connectivity index (χ0n) is 9.01. The van der Waals surface area contributed by atoms with Gasteiger partial charge in [0.15, 0.2) is 0 Å². The van der Waals surface area contributed by atoms with Gasteiger partial charge in [-0.1, -0.05) is 25.1 Å². The van der Waals surface area contributed by atoms with Crippen molar-refractivity contribution in [3.8, 4) is 0 Å². The topological polar surface area (TPSA) is 26.0 Å². The summed E-state index contributed by atoms with van der Waals surface area (Å²) in [4.78, 5) is 0. The molecule has 1 aromatic rings. The first-order valence-electron chi connectivity index (χ1n) is 5.33. The van der Waals surface area contributed by atoms with Crippen LogP contribution in [-0.2, 0) is 6.18 Å². The largest absolute Gasteiger partial charge is 0.416 e. The van der Waals surface area contributed by atoms with Gasteiger partial charge < -0.3 is 5.73 Å². The first-order valence-corrected chi connectivity index (χ1v) is 5.33. The van der Waals surface area contributed by atoms with Gasteiger partial charge in [-0.3, -0.25) is 0 Å². The molecule has 0 saturated heterocycles. The molecule has 1 nitrogen and oxygen atoms in total. The summed E-state index contributed by atoms with van der Waals surface area (Å²) in [7, 11) is 0. The van der Waals surface area contributed by atoms with Gasteiger partial charge in [0, 0.05) is 11.5 Å². The van der Waals surface area contributed by atoms with Crippen molar-refractivity contribution < 1.29 is 13.2 Å². The van der Waals surface area contributed by atoms with Crippen molar-refractivity contribution in [2.24, 2.45) is 5.73 Å². The fourth-order valence-electron chi connectivity index (χ4n) is 2.09. The summed E-state index contributed by atoms with van der Waals surface area (Å²) in [6.07, 6.45) is -2.69. The number of alkyl halides is 3. The quantitative estimate of drug-likeness (QED) is 0.827. The lowest BCUT2D eigenvalue weighted by molar-refractivity contribution is -0.137. The highest BCUT2D eigenvalue weighted by Gasteiger charge is 2.50. The highest BCUT2D eigenvalue weighted by atomic mass is 19.4. The van der Waals surface area contributed by atoms with Gasteiger partial charge in [0.1, 0.15) is 0 Å². The van der Waals surface area contributed by atoms with Crippen LogP contribution in [0.4, 0.5) is 13.2 Å². The van der Waals surface area contributed by atoms with E-state index in [1.807, 2.05) is 6.92 Å². The summed E-state index contributed by atoms with van der Waals surface area (Å²) in [5, 5.41) is 0. The van der Waals surface area contributed by atoms with E-state index >= 15 is 0 Å². The molecular formula is C12H14F3N. The number of hydrogen-bond acceptors (Lipinski definition) is 1. The van der Waals surface area contributed by atoms with Crippen molar-refractivity contribution in [2.75, 3.05) is 0 Å². The lowest BCUT2D eigenvalue weighted by Gasteiger charge is -2.11. The lowest BCUT2D eigenvalue weighted by atomic mass is 10.0. The van der Waals surface area contributed by atoms with Crippen LogP contribution in [0.15, 0.2) is 24.3 Å². The zero-order valence-corrected chi connectivity index (χ0v) is 9.01. The lowest BCUT2D eigenvalue weighted by Crippen LogP contribution is -2.22. The van der Waals surface area contributed by atoms with Gasteiger partial charge in [-0.25, -0.2) is 0 Å².